The Bertz CT molecular complexity index is 550. The van der Waals surface area contributed by atoms with Gasteiger partial charge in [0.25, 0.3) is 0 Å². The summed E-state index contributed by atoms with van der Waals surface area (Å²) in [4.78, 5) is 2.34. The number of aromatic hydroxyl groups is 1. The highest BCUT2D eigenvalue weighted by Crippen LogP contribution is 2.28. The van der Waals surface area contributed by atoms with Crippen LogP contribution in [0.25, 0.3) is 0 Å². The van der Waals surface area contributed by atoms with Gasteiger partial charge in [0, 0.05) is 12.2 Å². The third-order valence-corrected chi connectivity index (χ3v) is 3.49. The van der Waals surface area contributed by atoms with Gasteiger partial charge in [0.2, 0.25) is 0 Å². The Morgan fingerprint density at radius 3 is 2.47 bits per heavy atom. The van der Waals surface area contributed by atoms with Gasteiger partial charge in [0.05, 0.1) is 6.04 Å². The van der Waals surface area contributed by atoms with E-state index in [-0.39, 0.29) is 6.04 Å². The van der Waals surface area contributed by atoms with Gasteiger partial charge in [-0.25, -0.2) is 0 Å². The van der Waals surface area contributed by atoms with Crippen LogP contribution in [0.4, 0.5) is 5.69 Å². The normalized spacial score (nSPS) is 12.2. The maximum Gasteiger partial charge on any atom is 0.115 e. The van der Waals surface area contributed by atoms with E-state index in [4.69, 9.17) is 0 Å². The first kappa shape index (κ1) is 13.5. The zero-order chi connectivity index (χ0) is 13.8. The average molecular weight is 255 g/mol. The molecule has 19 heavy (non-hydrogen) atoms. The van der Waals surface area contributed by atoms with Crippen LogP contribution in [-0.2, 0) is 0 Å². The lowest BCUT2D eigenvalue weighted by atomic mass is 10.1. The number of aryl methyl sites for hydroxylation is 1. The van der Waals surface area contributed by atoms with Crippen molar-refractivity contribution in [2.45, 2.75) is 26.8 Å². The van der Waals surface area contributed by atoms with Crippen molar-refractivity contribution < 1.29 is 5.11 Å². The standard InChI is InChI=1S/C17H21NO/c1-4-18(16-9-5-7-13(2)11-16)14(3)15-8-6-10-17(19)12-15/h5-12,14,19H,4H2,1-3H3. The number of rotatable bonds is 4. The summed E-state index contributed by atoms with van der Waals surface area (Å²) in [6.45, 7) is 7.36. The first-order valence-corrected chi connectivity index (χ1v) is 6.74. The van der Waals surface area contributed by atoms with E-state index in [2.05, 4.69) is 56.0 Å². The Kier molecular flexibility index (Phi) is 4.10. The zero-order valence-corrected chi connectivity index (χ0v) is 11.8. The molecule has 0 aromatic heterocycles. The van der Waals surface area contributed by atoms with Crippen molar-refractivity contribution in [1.29, 1.82) is 0 Å². The van der Waals surface area contributed by atoms with E-state index in [0.717, 1.165) is 12.1 Å². The number of anilines is 1. The highest BCUT2D eigenvalue weighted by atomic mass is 16.3. The van der Waals surface area contributed by atoms with Crippen LogP contribution in [0.3, 0.4) is 0 Å². The van der Waals surface area contributed by atoms with Crippen molar-refractivity contribution in [2.75, 3.05) is 11.4 Å². The van der Waals surface area contributed by atoms with Crippen LogP contribution in [0.15, 0.2) is 48.5 Å². The first-order valence-electron chi connectivity index (χ1n) is 6.74. The van der Waals surface area contributed by atoms with E-state index in [9.17, 15) is 5.11 Å². The second-order valence-corrected chi connectivity index (χ2v) is 4.90. The summed E-state index contributed by atoms with van der Waals surface area (Å²) in [6.07, 6.45) is 0. The molecule has 0 spiro atoms. The van der Waals surface area contributed by atoms with Gasteiger partial charge in [-0.2, -0.15) is 0 Å². The third-order valence-electron chi connectivity index (χ3n) is 3.49. The Morgan fingerprint density at radius 1 is 1.11 bits per heavy atom. The number of phenols is 1. The monoisotopic (exact) mass is 255 g/mol. The minimum Gasteiger partial charge on any atom is -0.508 e. The molecule has 2 heteroatoms. The molecule has 1 N–H and O–H groups in total. The number of benzene rings is 2. The molecular formula is C17H21NO. The summed E-state index contributed by atoms with van der Waals surface area (Å²) in [5.41, 5.74) is 3.61. The van der Waals surface area contributed by atoms with Crippen molar-refractivity contribution in [3.05, 3.63) is 59.7 Å². The predicted octanol–water partition coefficient (Wildman–Crippen LogP) is 4.29. The maximum absolute atomic E-state index is 9.61. The quantitative estimate of drug-likeness (QED) is 0.881. The van der Waals surface area contributed by atoms with E-state index in [1.165, 1.54) is 11.3 Å². The van der Waals surface area contributed by atoms with Gasteiger partial charge >= 0.3 is 0 Å². The highest BCUT2D eigenvalue weighted by Gasteiger charge is 2.15. The van der Waals surface area contributed by atoms with Crippen molar-refractivity contribution in [3.63, 3.8) is 0 Å². The molecule has 1 unspecified atom stereocenters. The lowest BCUT2D eigenvalue weighted by Gasteiger charge is -2.31. The van der Waals surface area contributed by atoms with Crippen LogP contribution in [0.2, 0.25) is 0 Å². The Labute approximate surface area is 115 Å². The summed E-state index contributed by atoms with van der Waals surface area (Å²) in [6, 6.07) is 16.3. The largest absolute Gasteiger partial charge is 0.508 e. The predicted molar refractivity (Wildman–Crippen MR) is 80.7 cm³/mol. The van der Waals surface area contributed by atoms with E-state index in [1.54, 1.807) is 6.07 Å². The van der Waals surface area contributed by atoms with Crippen molar-refractivity contribution in [3.8, 4) is 5.75 Å². The Balaban J connectivity index is 2.31. The molecule has 0 aliphatic rings. The van der Waals surface area contributed by atoms with Gasteiger partial charge in [-0.05, 0) is 56.2 Å². The zero-order valence-electron chi connectivity index (χ0n) is 11.8. The summed E-state index contributed by atoms with van der Waals surface area (Å²) in [5, 5.41) is 9.61. The minimum atomic E-state index is 0.235. The van der Waals surface area contributed by atoms with Crippen molar-refractivity contribution >= 4 is 5.69 Å². The fourth-order valence-corrected chi connectivity index (χ4v) is 2.45. The van der Waals surface area contributed by atoms with Crippen LogP contribution in [0, 0.1) is 6.92 Å². The van der Waals surface area contributed by atoms with E-state index in [0.29, 0.717) is 5.75 Å². The Morgan fingerprint density at radius 2 is 1.84 bits per heavy atom. The molecule has 0 saturated carbocycles. The molecular weight excluding hydrogens is 234 g/mol. The molecule has 0 saturated heterocycles. The minimum absolute atomic E-state index is 0.235. The lowest BCUT2D eigenvalue weighted by molar-refractivity contribution is 0.473. The first-order chi connectivity index (χ1) is 9.11. The molecule has 2 aromatic carbocycles. The lowest BCUT2D eigenvalue weighted by Crippen LogP contribution is -2.26. The molecule has 0 amide bonds. The fourth-order valence-electron chi connectivity index (χ4n) is 2.45. The summed E-state index contributed by atoms with van der Waals surface area (Å²) in [7, 11) is 0. The highest BCUT2D eigenvalue weighted by molar-refractivity contribution is 5.50. The van der Waals surface area contributed by atoms with Crippen LogP contribution in [0.5, 0.6) is 5.75 Å². The average Bonchev–Trinajstić information content (AvgIpc) is 2.39. The summed E-state index contributed by atoms with van der Waals surface area (Å²) < 4.78 is 0. The van der Waals surface area contributed by atoms with Gasteiger partial charge in [-0.15, -0.1) is 0 Å². The van der Waals surface area contributed by atoms with Gasteiger partial charge in [-0.3, -0.25) is 0 Å². The number of phenolic OH excluding ortho intramolecular Hbond substituents is 1. The molecule has 0 aliphatic carbocycles. The van der Waals surface area contributed by atoms with Gasteiger partial charge < -0.3 is 10.0 Å². The fraction of sp³-hybridized carbons (Fsp3) is 0.294. The van der Waals surface area contributed by atoms with E-state index in [1.807, 2.05) is 12.1 Å². The second-order valence-electron chi connectivity index (χ2n) is 4.90. The molecule has 2 rings (SSSR count). The molecule has 0 heterocycles. The molecule has 2 nitrogen and oxygen atoms in total. The Hall–Kier alpha value is -1.96. The molecule has 2 aromatic rings. The molecule has 100 valence electrons. The molecule has 0 radical (unpaired) electrons. The van der Waals surface area contributed by atoms with Crippen molar-refractivity contribution in [2.24, 2.45) is 0 Å². The third kappa shape index (κ3) is 3.08. The smallest absolute Gasteiger partial charge is 0.115 e. The van der Waals surface area contributed by atoms with Crippen molar-refractivity contribution in [1.82, 2.24) is 0 Å². The second kappa shape index (κ2) is 5.79. The van der Waals surface area contributed by atoms with Crippen LogP contribution >= 0.6 is 0 Å². The molecule has 0 fully saturated rings. The van der Waals surface area contributed by atoms with Crippen LogP contribution < -0.4 is 4.90 Å². The SMILES string of the molecule is CCN(c1cccc(C)c1)C(C)c1cccc(O)c1. The molecule has 0 aliphatic heterocycles. The molecule has 1 atom stereocenters. The topological polar surface area (TPSA) is 23.5 Å². The number of hydrogen-bond acceptors (Lipinski definition) is 2. The maximum atomic E-state index is 9.61. The van der Waals surface area contributed by atoms with Crippen LogP contribution in [-0.4, -0.2) is 11.7 Å². The van der Waals surface area contributed by atoms with Crippen LogP contribution in [0.1, 0.15) is 31.0 Å². The van der Waals surface area contributed by atoms with Gasteiger partial charge in [0.15, 0.2) is 0 Å². The number of hydrogen-bond donors (Lipinski definition) is 1. The van der Waals surface area contributed by atoms with Gasteiger partial charge in [-0.1, -0.05) is 24.3 Å². The number of nitrogens with zero attached hydrogens (tertiary/aromatic N) is 1. The van der Waals surface area contributed by atoms with E-state index >= 15 is 0 Å². The van der Waals surface area contributed by atoms with Gasteiger partial charge in [0.1, 0.15) is 5.75 Å². The summed E-state index contributed by atoms with van der Waals surface area (Å²) >= 11 is 0. The summed E-state index contributed by atoms with van der Waals surface area (Å²) in [5.74, 6) is 0.324. The van der Waals surface area contributed by atoms with E-state index < -0.39 is 0 Å². The molecule has 0 bridgehead atoms.